The highest BCUT2D eigenvalue weighted by molar-refractivity contribution is 5.81. The molecule has 1 atom stereocenters. The first-order valence-electron chi connectivity index (χ1n) is 8.99. The van der Waals surface area contributed by atoms with Crippen LogP contribution in [0.25, 0.3) is 0 Å². The van der Waals surface area contributed by atoms with E-state index in [1.807, 2.05) is 31.2 Å². The zero-order chi connectivity index (χ0) is 18.1. The van der Waals surface area contributed by atoms with Gasteiger partial charge in [0.1, 0.15) is 0 Å². The van der Waals surface area contributed by atoms with Crippen molar-refractivity contribution in [3.63, 3.8) is 0 Å². The van der Waals surface area contributed by atoms with Gasteiger partial charge < -0.3 is 19.7 Å². The van der Waals surface area contributed by atoms with Gasteiger partial charge in [-0.05, 0) is 38.3 Å². The van der Waals surface area contributed by atoms with Gasteiger partial charge in [0.25, 0.3) is 0 Å². The molecule has 6 nitrogen and oxygen atoms in total. The number of amides is 2. The molecule has 1 aliphatic heterocycles. The fourth-order valence-electron chi connectivity index (χ4n) is 3.03. The van der Waals surface area contributed by atoms with E-state index in [2.05, 4.69) is 5.32 Å². The summed E-state index contributed by atoms with van der Waals surface area (Å²) < 4.78 is 11.3. The quantitative estimate of drug-likeness (QED) is 0.732. The van der Waals surface area contributed by atoms with Gasteiger partial charge in [0.15, 0.2) is 11.5 Å². The van der Waals surface area contributed by atoms with Crippen molar-refractivity contribution in [2.24, 2.45) is 5.92 Å². The van der Waals surface area contributed by atoms with Crippen LogP contribution >= 0.6 is 0 Å². The molecule has 0 aliphatic carbocycles. The summed E-state index contributed by atoms with van der Waals surface area (Å²) in [5, 5.41) is 2.67. The molecule has 138 valence electrons. The number of benzene rings is 1. The molecular weight excluding hydrogens is 320 g/mol. The lowest BCUT2D eigenvalue weighted by atomic mass is 9.97. The van der Waals surface area contributed by atoms with Crippen molar-refractivity contribution in [3.8, 4) is 11.5 Å². The maximum absolute atomic E-state index is 12.3. The molecule has 1 aromatic carbocycles. The van der Waals surface area contributed by atoms with E-state index in [9.17, 15) is 9.59 Å². The van der Waals surface area contributed by atoms with E-state index in [-0.39, 0.29) is 17.7 Å². The molecule has 1 aromatic rings. The third-order valence-electron chi connectivity index (χ3n) is 4.33. The third-order valence-corrected chi connectivity index (χ3v) is 4.33. The lowest BCUT2D eigenvalue weighted by molar-refractivity contribution is -0.135. The Labute approximate surface area is 149 Å². The average Bonchev–Trinajstić information content (AvgIpc) is 2.66. The second-order valence-electron chi connectivity index (χ2n) is 6.12. The van der Waals surface area contributed by atoms with Gasteiger partial charge in [-0.15, -0.1) is 0 Å². The smallest absolute Gasteiger partial charge is 0.224 e. The molecule has 2 amide bonds. The zero-order valence-corrected chi connectivity index (χ0v) is 15.1. The summed E-state index contributed by atoms with van der Waals surface area (Å²) >= 11 is 0. The first-order chi connectivity index (χ1) is 12.2. The minimum absolute atomic E-state index is 0.0216. The number of nitrogens with one attached hydrogen (secondary N) is 1. The van der Waals surface area contributed by atoms with E-state index in [1.54, 1.807) is 11.9 Å². The van der Waals surface area contributed by atoms with Crippen molar-refractivity contribution >= 4 is 11.8 Å². The minimum atomic E-state index is -0.0861. The second kappa shape index (κ2) is 9.91. The van der Waals surface area contributed by atoms with Crippen LogP contribution in [0.2, 0.25) is 0 Å². The SMILES string of the molecule is CCOc1ccccc1OCCCC(=O)N1CCC[C@@H](C(=O)NC)C1. The first kappa shape index (κ1) is 19.1. The van der Waals surface area contributed by atoms with E-state index >= 15 is 0 Å². The monoisotopic (exact) mass is 348 g/mol. The van der Waals surface area contributed by atoms with E-state index in [4.69, 9.17) is 9.47 Å². The van der Waals surface area contributed by atoms with Crippen LogP contribution in [0, 0.1) is 5.92 Å². The number of hydrogen-bond acceptors (Lipinski definition) is 4. The molecule has 25 heavy (non-hydrogen) atoms. The zero-order valence-electron chi connectivity index (χ0n) is 15.1. The molecular formula is C19H28N2O4. The summed E-state index contributed by atoms with van der Waals surface area (Å²) in [6, 6.07) is 7.54. The largest absolute Gasteiger partial charge is 0.490 e. The summed E-state index contributed by atoms with van der Waals surface area (Å²) in [5.74, 6) is 1.45. The van der Waals surface area contributed by atoms with Gasteiger partial charge in [0.05, 0.1) is 19.1 Å². The average molecular weight is 348 g/mol. The summed E-state index contributed by atoms with van der Waals surface area (Å²) in [6.45, 7) is 4.23. The number of ether oxygens (including phenoxy) is 2. The van der Waals surface area contributed by atoms with Crippen molar-refractivity contribution in [1.29, 1.82) is 0 Å². The number of para-hydroxylation sites is 2. The van der Waals surface area contributed by atoms with Gasteiger partial charge >= 0.3 is 0 Å². The molecule has 0 aromatic heterocycles. The number of carbonyl (C=O) groups is 2. The van der Waals surface area contributed by atoms with Gasteiger partial charge in [-0.2, -0.15) is 0 Å². The maximum Gasteiger partial charge on any atom is 0.224 e. The number of likely N-dealkylation sites (tertiary alicyclic amines) is 1. The van der Waals surface area contributed by atoms with Crippen molar-refractivity contribution < 1.29 is 19.1 Å². The molecule has 1 saturated heterocycles. The fourth-order valence-corrected chi connectivity index (χ4v) is 3.03. The predicted molar refractivity (Wildman–Crippen MR) is 95.7 cm³/mol. The highest BCUT2D eigenvalue weighted by Crippen LogP contribution is 2.26. The Kier molecular flexibility index (Phi) is 7.57. The van der Waals surface area contributed by atoms with Crippen LogP contribution in [0.3, 0.4) is 0 Å². The van der Waals surface area contributed by atoms with Crippen LogP contribution in [0.1, 0.15) is 32.6 Å². The molecule has 0 radical (unpaired) electrons. The molecule has 1 fully saturated rings. The van der Waals surface area contributed by atoms with Gasteiger partial charge in [-0.3, -0.25) is 9.59 Å². The van der Waals surface area contributed by atoms with E-state index < -0.39 is 0 Å². The third kappa shape index (κ3) is 5.66. The summed E-state index contributed by atoms with van der Waals surface area (Å²) in [6.07, 6.45) is 2.79. The number of carbonyl (C=O) groups excluding carboxylic acids is 2. The standard InChI is InChI=1S/C19H28N2O4/c1-3-24-16-9-4-5-10-17(16)25-13-7-11-18(22)21-12-6-8-15(14-21)19(23)20-2/h4-5,9-10,15H,3,6-8,11-14H2,1-2H3,(H,20,23)/t15-/m1/s1. The van der Waals surface area contributed by atoms with Crippen molar-refractivity contribution in [2.45, 2.75) is 32.6 Å². The number of hydrogen-bond donors (Lipinski definition) is 1. The topological polar surface area (TPSA) is 67.9 Å². The minimum Gasteiger partial charge on any atom is -0.490 e. The molecule has 0 bridgehead atoms. The van der Waals surface area contributed by atoms with Crippen LogP contribution in [0.5, 0.6) is 11.5 Å². The Morgan fingerprint density at radius 3 is 2.64 bits per heavy atom. The van der Waals surface area contributed by atoms with Crippen molar-refractivity contribution in [3.05, 3.63) is 24.3 Å². The number of nitrogens with zero attached hydrogens (tertiary/aromatic N) is 1. The lowest BCUT2D eigenvalue weighted by Crippen LogP contribution is -2.44. The molecule has 0 saturated carbocycles. The van der Waals surface area contributed by atoms with Crippen LogP contribution in [-0.4, -0.2) is 50.1 Å². The van der Waals surface area contributed by atoms with Gasteiger partial charge in [0, 0.05) is 26.6 Å². The number of rotatable bonds is 8. The van der Waals surface area contributed by atoms with Gasteiger partial charge in [0.2, 0.25) is 11.8 Å². The first-order valence-corrected chi connectivity index (χ1v) is 8.99. The van der Waals surface area contributed by atoms with Crippen molar-refractivity contribution in [1.82, 2.24) is 10.2 Å². The normalized spacial score (nSPS) is 17.0. The predicted octanol–water partition coefficient (Wildman–Crippen LogP) is 2.23. The Hall–Kier alpha value is -2.24. The second-order valence-corrected chi connectivity index (χ2v) is 6.12. The van der Waals surface area contributed by atoms with Gasteiger partial charge in [-0.1, -0.05) is 12.1 Å². The maximum atomic E-state index is 12.3. The Morgan fingerprint density at radius 1 is 1.24 bits per heavy atom. The highest BCUT2D eigenvalue weighted by atomic mass is 16.5. The fraction of sp³-hybridized carbons (Fsp3) is 0.579. The molecule has 0 spiro atoms. The molecule has 2 rings (SSSR count). The van der Waals surface area contributed by atoms with E-state index in [0.717, 1.165) is 25.1 Å². The van der Waals surface area contributed by atoms with E-state index in [1.165, 1.54) is 0 Å². The molecule has 0 unspecified atom stereocenters. The molecule has 1 heterocycles. The van der Waals surface area contributed by atoms with Crippen LogP contribution in [-0.2, 0) is 9.59 Å². The lowest BCUT2D eigenvalue weighted by Gasteiger charge is -2.31. The van der Waals surface area contributed by atoms with Gasteiger partial charge in [-0.25, -0.2) is 0 Å². The Morgan fingerprint density at radius 2 is 1.96 bits per heavy atom. The molecule has 6 heteroatoms. The van der Waals surface area contributed by atoms with Crippen LogP contribution in [0.4, 0.5) is 0 Å². The van der Waals surface area contributed by atoms with Crippen LogP contribution in [0.15, 0.2) is 24.3 Å². The summed E-state index contributed by atoms with van der Waals surface area (Å²) in [4.78, 5) is 25.9. The van der Waals surface area contributed by atoms with Crippen molar-refractivity contribution in [2.75, 3.05) is 33.4 Å². The van der Waals surface area contributed by atoms with E-state index in [0.29, 0.717) is 38.3 Å². The number of piperidine rings is 1. The molecule has 1 N–H and O–H groups in total. The molecule has 1 aliphatic rings. The Balaban J connectivity index is 1.74. The summed E-state index contributed by atoms with van der Waals surface area (Å²) in [5.41, 5.74) is 0. The van der Waals surface area contributed by atoms with Crippen LogP contribution < -0.4 is 14.8 Å². The highest BCUT2D eigenvalue weighted by Gasteiger charge is 2.27. The summed E-state index contributed by atoms with van der Waals surface area (Å²) in [7, 11) is 1.64. The Bertz CT molecular complexity index is 576.